The zero-order valence-electron chi connectivity index (χ0n) is 16.2. The SMILES string of the molecule is COC(=O)c1ccc(O[C@@H]2C[C@@H]3CN(Cc4coc(C)n4)C[C@@H]3C[C@H]2O)cc1. The number of aromatic nitrogens is 1. The number of fused-ring (bicyclic) bond motifs is 1. The Balaban J connectivity index is 1.35. The first-order chi connectivity index (χ1) is 13.5. The van der Waals surface area contributed by atoms with Gasteiger partial charge in [0.05, 0.1) is 24.5 Å². The Morgan fingerprint density at radius 1 is 1.25 bits per heavy atom. The highest BCUT2D eigenvalue weighted by atomic mass is 16.5. The van der Waals surface area contributed by atoms with Crippen molar-refractivity contribution in [3.05, 3.63) is 47.7 Å². The third-order valence-electron chi connectivity index (χ3n) is 5.78. The number of benzene rings is 1. The van der Waals surface area contributed by atoms with Crippen molar-refractivity contribution in [2.45, 2.75) is 38.5 Å². The number of carbonyl (C=O) groups excluding carboxylic acids is 1. The molecule has 1 saturated carbocycles. The molecule has 2 fully saturated rings. The van der Waals surface area contributed by atoms with Crippen LogP contribution in [0.25, 0.3) is 0 Å². The van der Waals surface area contributed by atoms with Crippen LogP contribution in [0.2, 0.25) is 0 Å². The quantitative estimate of drug-likeness (QED) is 0.790. The molecule has 2 aromatic rings. The molecule has 1 aromatic heterocycles. The van der Waals surface area contributed by atoms with Crippen molar-refractivity contribution in [2.75, 3.05) is 20.2 Å². The zero-order valence-corrected chi connectivity index (χ0v) is 16.2. The molecule has 0 spiro atoms. The van der Waals surface area contributed by atoms with Crippen molar-refractivity contribution in [3.63, 3.8) is 0 Å². The average molecular weight is 386 g/mol. The predicted molar refractivity (Wildman–Crippen MR) is 101 cm³/mol. The van der Waals surface area contributed by atoms with Gasteiger partial charge in [0, 0.05) is 26.6 Å². The number of aliphatic hydroxyl groups excluding tert-OH is 1. The minimum Gasteiger partial charge on any atom is -0.488 e. The lowest BCUT2D eigenvalue weighted by molar-refractivity contribution is -0.0231. The Morgan fingerprint density at radius 3 is 2.61 bits per heavy atom. The van der Waals surface area contributed by atoms with Gasteiger partial charge in [-0.15, -0.1) is 0 Å². The number of hydrogen-bond donors (Lipinski definition) is 1. The topological polar surface area (TPSA) is 85.0 Å². The monoisotopic (exact) mass is 386 g/mol. The van der Waals surface area contributed by atoms with Crippen LogP contribution in [-0.4, -0.2) is 53.4 Å². The van der Waals surface area contributed by atoms with Gasteiger partial charge in [-0.3, -0.25) is 4.90 Å². The number of aryl methyl sites for hydroxylation is 1. The molecular weight excluding hydrogens is 360 g/mol. The smallest absolute Gasteiger partial charge is 0.337 e. The number of carbonyl (C=O) groups is 1. The lowest BCUT2D eigenvalue weighted by Gasteiger charge is -2.35. The van der Waals surface area contributed by atoms with Crippen LogP contribution in [0.3, 0.4) is 0 Å². The van der Waals surface area contributed by atoms with Crippen molar-refractivity contribution >= 4 is 5.97 Å². The van der Waals surface area contributed by atoms with Crippen LogP contribution in [0, 0.1) is 18.8 Å². The Labute approximate surface area is 164 Å². The van der Waals surface area contributed by atoms with Crippen LogP contribution in [-0.2, 0) is 11.3 Å². The summed E-state index contributed by atoms with van der Waals surface area (Å²) in [6, 6.07) is 6.85. The van der Waals surface area contributed by atoms with Gasteiger partial charge < -0.3 is 19.0 Å². The summed E-state index contributed by atoms with van der Waals surface area (Å²) in [6.07, 6.45) is 2.55. The van der Waals surface area contributed by atoms with Gasteiger partial charge in [0.1, 0.15) is 18.1 Å². The summed E-state index contributed by atoms with van der Waals surface area (Å²) >= 11 is 0. The summed E-state index contributed by atoms with van der Waals surface area (Å²) in [4.78, 5) is 18.3. The molecule has 0 bridgehead atoms. The van der Waals surface area contributed by atoms with E-state index >= 15 is 0 Å². The number of ether oxygens (including phenoxy) is 2. The molecule has 1 aromatic carbocycles. The summed E-state index contributed by atoms with van der Waals surface area (Å²) in [5.41, 5.74) is 1.43. The first kappa shape index (κ1) is 19.0. The number of rotatable bonds is 5. The summed E-state index contributed by atoms with van der Waals surface area (Å²) in [5, 5.41) is 10.6. The number of aliphatic hydroxyl groups is 1. The van der Waals surface area contributed by atoms with Gasteiger partial charge in [-0.1, -0.05) is 0 Å². The predicted octanol–water partition coefficient (Wildman–Crippen LogP) is 2.42. The van der Waals surface area contributed by atoms with Crippen LogP contribution in [0.4, 0.5) is 0 Å². The zero-order chi connectivity index (χ0) is 19.7. The van der Waals surface area contributed by atoms with Gasteiger partial charge in [0.2, 0.25) is 0 Å². The molecule has 1 N–H and O–H groups in total. The van der Waals surface area contributed by atoms with Crippen molar-refractivity contribution in [2.24, 2.45) is 11.8 Å². The second-order valence-corrected chi connectivity index (χ2v) is 7.78. The normalized spacial score (nSPS) is 27.4. The van der Waals surface area contributed by atoms with Crippen molar-refractivity contribution in [1.29, 1.82) is 0 Å². The molecule has 1 aliphatic carbocycles. The van der Waals surface area contributed by atoms with E-state index in [1.54, 1.807) is 30.5 Å². The number of hydrogen-bond acceptors (Lipinski definition) is 7. The standard InChI is InChI=1S/C21H26N2O5/c1-13-22-17(12-27-13)11-23-9-15-7-19(24)20(8-16(15)10-23)28-18-5-3-14(4-6-18)21(25)26-2/h3-6,12,15-16,19-20,24H,7-11H2,1-2H3/t15-,16+,19+,20+/m0/s1. The van der Waals surface area contributed by atoms with E-state index in [0.717, 1.165) is 38.2 Å². The lowest BCUT2D eigenvalue weighted by Crippen LogP contribution is -2.42. The van der Waals surface area contributed by atoms with Crippen LogP contribution >= 0.6 is 0 Å². The van der Waals surface area contributed by atoms with Crippen LogP contribution in [0.1, 0.15) is 34.8 Å². The molecular formula is C21H26N2O5. The number of likely N-dealkylation sites (tertiary alicyclic amines) is 1. The van der Waals surface area contributed by atoms with E-state index in [0.29, 0.717) is 29.0 Å². The molecule has 4 atom stereocenters. The molecule has 7 heteroatoms. The second kappa shape index (κ2) is 7.93. The van der Waals surface area contributed by atoms with Gasteiger partial charge in [-0.25, -0.2) is 9.78 Å². The van der Waals surface area contributed by atoms with E-state index in [1.807, 2.05) is 6.92 Å². The van der Waals surface area contributed by atoms with E-state index in [-0.39, 0.29) is 12.1 Å². The lowest BCUT2D eigenvalue weighted by atomic mass is 9.78. The first-order valence-electron chi connectivity index (χ1n) is 9.68. The first-order valence-corrected chi connectivity index (χ1v) is 9.68. The maximum Gasteiger partial charge on any atom is 0.337 e. The molecule has 2 heterocycles. The summed E-state index contributed by atoms with van der Waals surface area (Å²) in [7, 11) is 1.36. The minimum atomic E-state index is -0.490. The second-order valence-electron chi connectivity index (χ2n) is 7.78. The largest absolute Gasteiger partial charge is 0.488 e. The Hall–Kier alpha value is -2.38. The maximum atomic E-state index is 11.5. The number of methoxy groups -OCH3 is 1. The molecule has 150 valence electrons. The van der Waals surface area contributed by atoms with Gasteiger partial charge >= 0.3 is 5.97 Å². The molecule has 1 saturated heterocycles. The number of esters is 1. The molecule has 0 radical (unpaired) electrons. The fraction of sp³-hybridized carbons (Fsp3) is 0.524. The molecule has 2 aliphatic rings. The Bertz CT molecular complexity index is 818. The highest BCUT2D eigenvalue weighted by Crippen LogP contribution is 2.38. The molecule has 4 rings (SSSR count). The maximum absolute atomic E-state index is 11.5. The average Bonchev–Trinajstić information content (AvgIpc) is 3.27. The minimum absolute atomic E-state index is 0.237. The van der Waals surface area contributed by atoms with Crippen LogP contribution in [0.15, 0.2) is 34.9 Å². The summed E-state index contributed by atoms with van der Waals surface area (Å²) in [6.45, 7) is 4.57. The van der Waals surface area contributed by atoms with E-state index in [9.17, 15) is 9.90 Å². The highest BCUT2D eigenvalue weighted by molar-refractivity contribution is 5.89. The van der Waals surface area contributed by atoms with Gasteiger partial charge in [0.15, 0.2) is 5.89 Å². The number of nitrogens with zero attached hydrogens (tertiary/aromatic N) is 2. The molecule has 0 unspecified atom stereocenters. The summed E-state index contributed by atoms with van der Waals surface area (Å²) in [5.74, 6) is 1.94. The highest BCUT2D eigenvalue weighted by Gasteiger charge is 2.42. The molecule has 7 nitrogen and oxygen atoms in total. The fourth-order valence-electron chi connectivity index (χ4n) is 4.42. The van der Waals surface area contributed by atoms with Crippen molar-refractivity contribution in [1.82, 2.24) is 9.88 Å². The van der Waals surface area contributed by atoms with Crippen molar-refractivity contribution in [3.8, 4) is 5.75 Å². The van der Waals surface area contributed by atoms with Gasteiger partial charge in [-0.05, 0) is 48.9 Å². The van der Waals surface area contributed by atoms with Gasteiger partial charge in [-0.2, -0.15) is 0 Å². The third-order valence-corrected chi connectivity index (χ3v) is 5.78. The third kappa shape index (κ3) is 4.05. The van der Waals surface area contributed by atoms with Gasteiger partial charge in [0.25, 0.3) is 0 Å². The Kier molecular flexibility index (Phi) is 5.37. The van der Waals surface area contributed by atoms with E-state index in [1.165, 1.54) is 7.11 Å². The number of oxazole rings is 1. The van der Waals surface area contributed by atoms with E-state index in [2.05, 4.69) is 9.88 Å². The fourth-order valence-corrected chi connectivity index (χ4v) is 4.42. The van der Waals surface area contributed by atoms with Crippen molar-refractivity contribution < 1.29 is 23.8 Å². The van der Waals surface area contributed by atoms with Crippen LogP contribution < -0.4 is 4.74 Å². The van der Waals surface area contributed by atoms with E-state index in [4.69, 9.17) is 13.9 Å². The molecule has 28 heavy (non-hydrogen) atoms. The van der Waals surface area contributed by atoms with Crippen LogP contribution in [0.5, 0.6) is 5.75 Å². The molecule has 0 amide bonds. The summed E-state index contributed by atoms with van der Waals surface area (Å²) < 4.78 is 16.1. The van der Waals surface area contributed by atoms with E-state index < -0.39 is 6.10 Å². The Morgan fingerprint density at radius 2 is 1.96 bits per heavy atom. The molecule has 1 aliphatic heterocycles.